The molecule has 0 aromatic carbocycles. The van der Waals surface area contributed by atoms with E-state index in [4.69, 9.17) is 4.74 Å². The van der Waals surface area contributed by atoms with Crippen molar-refractivity contribution in [2.75, 3.05) is 13.2 Å². The van der Waals surface area contributed by atoms with Crippen LogP contribution in [0.1, 0.15) is 28.8 Å². The van der Waals surface area contributed by atoms with Gasteiger partial charge in [0.1, 0.15) is 5.82 Å². The molecule has 26 heavy (non-hydrogen) atoms. The third-order valence-electron chi connectivity index (χ3n) is 4.99. The second-order valence-electron chi connectivity index (χ2n) is 6.75. The maximum atomic E-state index is 6.07. The van der Waals surface area contributed by atoms with Gasteiger partial charge in [-0.1, -0.05) is 6.07 Å². The van der Waals surface area contributed by atoms with Crippen molar-refractivity contribution in [3.63, 3.8) is 0 Å². The minimum absolute atomic E-state index is 0.166. The normalized spacial score (nSPS) is 17.4. The highest BCUT2D eigenvalue weighted by atomic mass is 16.5. The van der Waals surface area contributed by atoms with Gasteiger partial charge in [-0.15, -0.1) is 0 Å². The highest BCUT2D eigenvalue weighted by Gasteiger charge is 2.31. The van der Waals surface area contributed by atoms with Gasteiger partial charge in [0.15, 0.2) is 0 Å². The van der Waals surface area contributed by atoms with Gasteiger partial charge in [0.05, 0.1) is 43.5 Å². The van der Waals surface area contributed by atoms with Crippen LogP contribution in [-0.4, -0.2) is 42.1 Å². The molecule has 0 amide bonds. The number of hydrogen-bond acceptors (Lipinski definition) is 5. The first-order valence-electron chi connectivity index (χ1n) is 8.89. The van der Waals surface area contributed by atoms with Gasteiger partial charge in [0, 0.05) is 51.8 Å². The van der Waals surface area contributed by atoms with E-state index in [0.717, 1.165) is 30.9 Å². The van der Waals surface area contributed by atoms with Gasteiger partial charge in [0.25, 0.3) is 0 Å². The number of nitrogens with zero attached hydrogens (tertiary/aromatic N) is 6. The second kappa shape index (κ2) is 7.39. The van der Waals surface area contributed by atoms with Crippen molar-refractivity contribution in [3.05, 3.63) is 66.0 Å². The van der Waals surface area contributed by atoms with Crippen LogP contribution in [0.15, 0.2) is 43.2 Å². The molecule has 1 unspecified atom stereocenters. The van der Waals surface area contributed by atoms with E-state index in [1.807, 2.05) is 44.1 Å². The van der Waals surface area contributed by atoms with Crippen molar-refractivity contribution in [1.82, 2.24) is 29.0 Å². The average molecular weight is 352 g/mol. The SMILES string of the molecule is Cn1ccnc1CN1CCc2ncn(C)c2C1COCc1cccnc1. The fourth-order valence-electron chi connectivity index (χ4n) is 3.56. The number of rotatable bonds is 6. The van der Waals surface area contributed by atoms with Gasteiger partial charge in [0.2, 0.25) is 0 Å². The smallest absolute Gasteiger partial charge is 0.122 e. The fraction of sp³-hybridized carbons (Fsp3) is 0.421. The van der Waals surface area contributed by atoms with Crippen LogP contribution < -0.4 is 0 Å². The summed E-state index contributed by atoms with van der Waals surface area (Å²) in [6, 6.07) is 4.14. The Kier molecular flexibility index (Phi) is 4.81. The summed E-state index contributed by atoms with van der Waals surface area (Å²) in [6.07, 6.45) is 10.3. The molecule has 0 bridgehead atoms. The van der Waals surface area contributed by atoms with Crippen molar-refractivity contribution in [2.24, 2.45) is 14.1 Å². The van der Waals surface area contributed by atoms with Crippen molar-refractivity contribution in [1.29, 1.82) is 0 Å². The molecule has 4 heterocycles. The second-order valence-corrected chi connectivity index (χ2v) is 6.75. The summed E-state index contributed by atoms with van der Waals surface area (Å²) in [5.41, 5.74) is 3.51. The third-order valence-corrected chi connectivity index (χ3v) is 4.99. The van der Waals surface area contributed by atoms with E-state index in [1.54, 1.807) is 6.20 Å². The zero-order valence-corrected chi connectivity index (χ0v) is 15.2. The number of pyridine rings is 1. The molecule has 0 spiro atoms. The summed E-state index contributed by atoms with van der Waals surface area (Å²) in [5, 5.41) is 0. The zero-order chi connectivity index (χ0) is 17.9. The molecule has 3 aromatic heterocycles. The Hall–Kier alpha value is -2.51. The minimum atomic E-state index is 0.166. The fourth-order valence-corrected chi connectivity index (χ4v) is 3.56. The highest BCUT2D eigenvalue weighted by Crippen LogP contribution is 2.30. The summed E-state index contributed by atoms with van der Waals surface area (Å²) in [7, 11) is 4.10. The Morgan fingerprint density at radius 3 is 2.88 bits per heavy atom. The summed E-state index contributed by atoms with van der Waals surface area (Å²) in [5.74, 6) is 1.06. The minimum Gasteiger partial charge on any atom is -0.375 e. The zero-order valence-electron chi connectivity index (χ0n) is 15.2. The van der Waals surface area contributed by atoms with E-state index >= 15 is 0 Å². The van der Waals surface area contributed by atoms with Gasteiger partial charge in [-0.25, -0.2) is 9.97 Å². The Labute approximate surface area is 153 Å². The van der Waals surface area contributed by atoms with E-state index in [0.29, 0.717) is 13.2 Å². The lowest BCUT2D eigenvalue weighted by Crippen LogP contribution is -2.39. The van der Waals surface area contributed by atoms with Crippen LogP contribution in [0.5, 0.6) is 0 Å². The van der Waals surface area contributed by atoms with Crippen molar-refractivity contribution in [2.45, 2.75) is 25.6 Å². The molecule has 136 valence electrons. The molecule has 1 aliphatic heterocycles. The maximum absolute atomic E-state index is 6.07. The summed E-state index contributed by atoms with van der Waals surface area (Å²) < 4.78 is 10.3. The lowest BCUT2D eigenvalue weighted by atomic mass is 10.0. The molecule has 4 rings (SSSR count). The predicted octanol–water partition coefficient (Wildman–Crippen LogP) is 1.86. The molecule has 0 saturated heterocycles. The molecule has 3 aromatic rings. The van der Waals surface area contributed by atoms with Crippen LogP contribution in [0.3, 0.4) is 0 Å². The number of aromatic nitrogens is 5. The van der Waals surface area contributed by atoms with Crippen LogP contribution in [0.2, 0.25) is 0 Å². The molecular weight excluding hydrogens is 328 g/mol. The van der Waals surface area contributed by atoms with E-state index in [9.17, 15) is 0 Å². The third kappa shape index (κ3) is 3.40. The highest BCUT2D eigenvalue weighted by molar-refractivity contribution is 5.21. The Morgan fingerprint density at radius 1 is 1.19 bits per heavy atom. The summed E-state index contributed by atoms with van der Waals surface area (Å²) in [6.45, 7) is 2.94. The quantitative estimate of drug-likeness (QED) is 0.678. The Bertz CT molecular complexity index is 856. The standard InChI is InChI=1S/C19H24N6O/c1-23-9-7-21-18(23)11-25-8-5-16-19(24(2)14-22-16)17(25)13-26-12-15-4-3-6-20-10-15/h3-4,6-7,9-10,14,17H,5,8,11-13H2,1-2H3. The van der Waals surface area contributed by atoms with Crippen molar-refractivity contribution >= 4 is 0 Å². The van der Waals surface area contributed by atoms with Gasteiger partial charge in [-0.05, 0) is 11.6 Å². The number of fused-ring (bicyclic) bond motifs is 1. The van der Waals surface area contributed by atoms with Gasteiger partial charge >= 0.3 is 0 Å². The number of aryl methyl sites for hydroxylation is 2. The van der Waals surface area contributed by atoms with Crippen molar-refractivity contribution < 1.29 is 4.74 Å². The van der Waals surface area contributed by atoms with Crippen LogP contribution in [0.25, 0.3) is 0 Å². The van der Waals surface area contributed by atoms with E-state index in [2.05, 4.69) is 36.0 Å². The number of hydrogen-bond donors (Lipinski definition) is 0. The Morgan fingerprint density at radius 2 is 2.12 bits per heavy atom. The predicted molar refractivity (Wildman–Crippen MR) is 97.2 cm³/mol. The summed E-state index contributed by atoms with van der Waals surface area (Å²) in [4.78, 5) is 15.7. The largest absolute Gasteiger partial charge is 0.375 e. The first kappa shape index (κ1) is 16.9. The first-order valence-corrected chi connectivity index (χ1v) is 8.89. The monoisotopic (exact) mass is 352 g/mol. The molecule has 0 N–H and O–H groups in total. The molecule has 7 heteroatoms. The van der Waals surface area contributed by atoms with Gasteiger partial charge < -0.3 is 13.9 Å². The first-order chi connectivity index (χ1) is 12.7. The van der Waals surface area contributed by atoms with E-state index in [-0.39, 0.29) is 6.04 Å². The van der Waals surface area contributed by atoms with Crippen molar-refractivity contribution in [3.8, 4) is 0 Å². The Balaban J connectivity index is 1.51. The molecule has 7 nitrogen and oxygen atoms in total. The van der Waals surface area contributed by atoms with Crippen LogP contribution in [0, 0.1) is 0 Å². The molecule has 1 atom stereocenters. The van der Waals surface area contributed by atoms with Crippen LogP contribution in [0.4, 0.5) is 0 Å². The van der Waals surface area contributed by atoms with Crippen LogP contribution in [-0.2, 0) is 38.4 Å². The van der Waals surface area contributed by atoms with Crippen LogP contribution >= 0.6 is 0 Å². The molecular formula is C19H24N6O. The molecule has 0 radical (unpaired) electrons. The topological polar surface area (TPSA) is 61.0 Å². The molecule has 0 aliphatic carbocycles. The number of ether oxygens (including phenoxy) is 1. The maximum Gasteiger partial charge on any atom is 0.122 e. The molecule has 0 fully saturated rings. The lowest BCUT2D eigenvalue weighted by Gasteiger charge is -2.35. The number of imidazole rings is 2. The van der Waals surface area contributed by atoms with E-state index < -0.39 is 0 Å². The average Bonchev–Trinajstić information content (AvgIpc) is 3.23. The summed E-state index contributed by atoms with van der Waals surface area (Å²) >= 11 is 0. The lowest BCUT2D eigenvalue weighted by molar-refractivity contribution is 0.0363. The van der Waals surface area contributed by atoms with Gasteiger partial charge in [-0.3, -0.25) is 9.88 Å². The van der Waals surface area contributed by atoms with E-state index in [1.165, 1.54) is 11.4 Å². The molecule has 0 saturated carbocycles. The van der Waals surface area contributed by atoms with Gasteiger partial charge in [-0.2, -0.15) is 0 Å². The molecule has 1 aliphatic rings.